The SMILES string of the molecule is CCCC(OCC)C(Cc1nccn1C)NN. The number of hydrogen-bond donors (Lipinski definition) is 2. The van der Waals surface area contributed by atoms with Crippen LogP contribution in [0.1, 0.15) is 32.5 Å². The first-order valence-electron chi connectivity index (χ1n) is 6.26. The lowest BCUT2D eigenvalue weighted by Crippen LogP contribution is -2.47. The van der Waals surface area contributed by atoms with Crippen LogP contribution in [0.5, 0.6) is 0 Å². The van der Waals surface area contributed by atoms with Crippen LogP contribution >= 0.6 is 0 Å². The zero-order valence-corrected chi connectivity index (χ0v) is 11.0. The molecule has 98 valence electrons. The van der Waals surface area contributed by atoms with Crippen molar-refractivity contribution in [2.45, 2.75) is 45.3 Å². The highest BCUT2D eigenvalue weighted by atomic mass is 16.5. The molecule has 0 saturated heterocycles. The van der Waals surface area contributed by atoms with Gasteiger partial charge >= 0.3 is 0 Å². The van der Waals surface area contributed by atoms with Gasteiger partial charge in [-0.1, -0.05) is 13.3 Å². The first-order valence-corrected chi connectivity index (χ1v) is 6.26. The van der Waals surface area contributed by atoms with E-state index in [9.17, 15) is 0 Å². The van der Waals surface area contributed by atoms with Gasteiger partial charge in [-0.25, -0.2) is 4.98 Å². The predicted molar refractivity (Wildman–Crippen MR) is 68.3 cm³/mol. The van der Waals surface area contributed by atoms with E-state index < -0.39 is 0 Å². The normalized spacial score (nSPS) is 14.8. The molecule has 3 N–H and O–H groups in total. The second-order valence-corrected chi connectivity index (χ2v) is 4.21. The lowest BCUT2D eigenvalue weighted by atomic mass is 10.0. The van der Waals surface area contributed by atoms with Crippen LogP contribution in [0.2, 0.25) is 0 Å². The molecule has 17 heavy (non-hydrogen) atoms. The van der Waals surface area contributed by atoms with Crippen LogP contribution in [0.4, 0.5) is 0 Å². The van der Waals surface area contributed by atoms with Crippen molar-refractivity contribution >= 4 is 0 Å². The van der Waals surface area contributed by atoms with Crippen molar-refractivity contribution in [3.05, 3.63) is 18.2 Å². The van der Waals surface area contributed by atoms with Gasteiger partial charge in [0.2, 0.25) is 0 Å². The zero-order chi connectivity index (χ0) is 12.7. The highest BCUT2D eigenvalue weighted by molar-refractivity contribution is 4.96. The molecule has 0 fully saturated rings. The van der Waals surface area contributed by atoms with Crippen molar-refractivity contribution in [1.82, 2.24) is 15.0 Å². The third kappa shape index (κ3) is 4.11. The quantitative estimate of drug-likeness (QED) is 0.525. The number of ether oxygens (including phenoxy) is 1. The van der Waals surface area contributed by atoms with E-state index in [0.29, 0.717) is 6.61 Å². The largest absolute Gasteiger partial charge is 0.377 e. The number of nitrogens with zero attached hydrogens (tertiary/aromatic N) is 2. The second-order valence-electron chi connectivity index (χ2n) is 4.21. The van der Waals surface area contributed by atoms with Crippen molar-refractivity contribution in [1.29, 1.82) is 0 Å². The summed E-state index contributed by atoms with van der Waals surface area (Å²) in [6.07, 6.45) is 6.77. The van der Waals surface area contributed by atoms with E-state index in [0.717, 1.165) is 25.1 Å². The molecule has 0 aromatic carbocycles. The minimum absolute atomic E-state index is 0.107. The molecule has 0 aliphatic rings. The fourth-order valence-corrected chi connectivity index (χ4v) is 1.99. The van der Waals surface area contributed by atoms with Crippen LogP contribution in [-0.4, -0.2) is 28.3 Å². The van der Waals surface area contributed by atoms with E-state index in [-0.39, 0.29) is 12.1 Å². The van der Waals surface area contributed by atoms with E-state index in [2.05, 4.69) is 17.3 Å². The van der Waals surface area contributed by atoms with E-state index >= 15 is 0 Å². The third-order valence-corrected chi connectivity index (χ3v) is 2.94. The fraction of sp³-hybridized carbons (Fsp3) is 0.750. The van der Waals surface area contributed by atoms with Crippen molar-refractivity contribution < 1.29 is 4.74 Å². The summed E-state index contributed by atoms with van der Waals surface area (Å²) in [7, 11) is 1.99. The van der Waals surface area contributed by atoms with Gasteiger partial charge in [0.1, 0.15) is 5.82 Å². The highest BCUT2D eigenvalue weighted by Crippen LogP contribution is 2.11. The van der Waals surface area contributed by atoms with E-state index in [1.165, 1.54) is 0 Å². The monoisotopic (exact) mass is 240 g/mol. The third-order valence-electron chi connectivity index (χ3n) is 2.94. The maximum atomic E-state index is 5.74. The Labute approximate surface area is 103 Å². The lowest BCUT2D eigenvalue weighted by molar-refractivity contribution is 0.0275. The summed E-state index contributed by atoms with van der Waals surface area (Å²) in [4.78, 5) is 4.32. The zero-order valence-electron chi connectivity index (χ0n) is 11.0. The Bertz CT molecular complexity index is 307. The van der Waals surface area contributed by atoms with Gasteiger partial charge in [-0.3, -0.25) is 11.3 Å². The van der Waals surface area contributed by atoms with Crippen molar-refractivity contribution in [3.8, 4) is 0 Å². The van der Waals surface area contributed by atoms with Crippen LogP contribution in [0, 0.1) is 0 Å². The average Bonchev–Trinajstić information content (AvgIpc) is 2.71. The summed E-state index contributed by atoms with van der Waals surface area (Å²) in [5.74, 6) is 6.66. The van der Waals surface area contributed by atoms with Crippen LogP contribution < -0.4 is 11.3 Å². The van der Waals surface area contributed by atoms with E-state index in [4.69, 9.17) is 10.6 Å². The summed E-state index contributed by atoms with van der Waals surface area (Å²) < 4.78 is 7.76. The summed E-state index contributed by atoms with van der Waals surface area (Å²) in [5, 5.41) is 0. The first-order chi connectivity index (χ1) is 8.22. The van der Waals surface area contributed by atoms with Crippen LogP contribution in [-0.2, 0) is 18.2 Å². The molecular formula is C12H24N4O. The molecule has 0 aliphatic heterocycles. The standard InChI is InChI=1S/C12H24N4O/c1-4-6-11(17-5-2)10(15-13)9-12-14-7-8-16(12)3/h7-8,10-11,15H,4-6,9,13H2,1-3H3. The van der Waals surface area contributed by atoms with Gasteiger partial charge in [0.15, 0.2) is 0 Å². The van der Waals surface area contributed by atoms with Crippen molar-refractivity contribution in [2.75, 3.05) is 6.61 Å². The molecule has 0 radical (unpaired) electrons. The Hall–Kier alpha value is -0.910. The maximum Gasteiger partial charge on any atom is 0.110 e. The van der Waals surface area contributed by atoms with Gasteiger partial charge in [0.25, 0.3) is 0 Å². The summed E-state index contributed by atoms with van der Waals surface area (Å²) in [6.45, 7) is 4.88. The summed E-state index contributed by atoms with van der Waals surface area (Å²) in [6, 6.07) is 0.107. The molecule has 5 nitrogen and oxygen atoms in total. The van der Waals surface area contributed by atoms with E-state index in [1.54, 1.807) is 6.20 Å². The molecule has 0 amide bonds. The number of rotatable bonds is 8. The number of aromatic nitrogens is 2. The predicted octanol–water partition coefficient (Wildman–Crippen LogP) is 1.000. The number of hydrogen-bond acceptors (Lipinski definition) is 4. The molecule has 0 bridgehead atoms. The average molecular weight is 240 g/mol. The lowest BCUT2D eigenvalue weighted by Gasteiger charge is -2.26. The number of nitrogens with two attached hydrogens (primary N) is 1. The van der Waals surface area contributed by atoms with Crippen LogP contribution in [0.25, 0.3) is 0 Å². The number of aryl methyl sites for hydroxylation is 1. The Morgan fingerprint density at radius 1 is 1.53 bits per heavy atom. The summed E-state index contributed by atoms with van der Waals surface area (Å²) >= 11 is 0. The molecule has 2 atom stereocenters. The molecular weight excluding hydrogens is 216 g/mol. The first kappa shape index (κ1) is 14.2. The molecule has 1 rings (SSSR count). The van der Waals surface area contributed by atoms with Gasteiger partial charge in [-0.15, -0.1) is 0 Å². The van der Waals surface area contributed by atoms with E-state index in [1.807, 2.05) is 24.7 Å². The van der Waals surface area contributed by atoms with Crippen LogP contribution in [0.15, 0.2) is 12.4 Å². The molecule has 2 unspecified atom stereocenters. The fourth-order valence-electron chi connectivity index (χ4n) is 1.99. The van der Waals surface area contributed by atoms with Gasteiger partial charge in [0.05, 0.1) is 12.1 Å². The highest BCUT2D eigenvalue weighted by Gasteiger charge is 2.21. The molecule has 1 aromatic heterocycles. The number of imidazole rings is 1. The number of hydrazine groups is 1. The molecule has 0 saturated carbocycles. The van der Waals surface area contributed by atoms with Crippen molar-refractivity contribution in [3.63, 3.8) is 0 Å². The number of nitrogens with one attached hydrogen (secondary N) is 1. The topological polar surface area (TPSA) is 65.1 Å². The van der Waals surface area contributed by atoms with Gasteiger partial charge in [-0.05, 0) is 13.3 Å². The van der Waals surface area contributed by atoms with Gasteiger partial charge < -0.3 is 9.30 Å². The Balaban J connectivity index is 2.64. The Morgan fingerprint density at radius 3 is 2.76 bits per heavy atom. The molecule has 1 aromatic rings. The minimum atomic E-state index is 0.107. The Morgan fingerprint density at radius 2 is 2.29 bits per heavy atom. The molecule has 0 aliphatic carbocycles. The van der Waals surface area contributed by atoms with Crippen molar-refractivity contribution in [2.24, 2.45) is 12.9 Å². The van der Waals surface area contributed by atoms with Gasteiger partial charge in [0, 0.05) is 32.5 Å². The minimum Gasteiger partial charge on any atom is -0.377 e. The Kier molecular flexibility index (Phi) is 6.18. The molecule has 1 heterocycles. The maximum absolute atomic E-state index is 5.74. The van der Waals surface area contributed by atoms with Gasteiger partial charge in [-0.2, -0.15) is 0 Å². The van der Waals surface area contributed by atoms with Crippen LogP contribution in [0.3, 0.4) is 0 Å². The second kappa shape index (κ2) is 7.42. The summed E-state index contributed by atoms with van der Waals surface area (Å²) in [5.41, 5.74) is 2.86. The molecule has 5 heteroatoms. The smallest absolute Gasteiger partial charge is 0.110 e. The molecule has 0 spiro atoms.